The van der Waals surface area contributed by atoms with Crippen molar-refractivity contribution < 1.29 is 13.2 Å². The largest absolute Gasteiger partial charge is 0.344 e. The number of carbonyl (C=O) groups excluding carboxylic acids is 1. The van der Waals surface area contributed by atoms with Gasteiger partial charge >= 0.3 is 0 Å². The number of aryl methyl sites for hydroxylation is 2. The molecule has 1 N–H and O–H groups in total. The van der Waals surface area contributed by atoms with Crippen LogP contribution >= 0.6 is 0 Å². The molecule has 0 spiro atoms. The molecular formula is C30H30N2O3S. The van der Waals surface area contributed by atoms with Crippen LogP contribution in [-0.4, -0.2) is 20.9 Å². The van der Waals surface area contributed by atoms with Crippen molar-refractivity contribution in [3.05, 3.63) is 131 Å². The first-order chi connectivity index (χ1) is 17.4. The summed E-state index contributed by atoms with van der Waals surface area (Å²) in [6, 6.07) is 32.7. The molecular weight excluding hydrogens is 468 g/mol. The standard InChI is InChI=1S/C30H30N2O3S/c1-3-24-15-11-13-21-28(24)32(36(34,35)26-18-8-5-9-19-26)22-29(33)31-30(25-16-6-4-7-17-25)27-20-12-10-14-23(27)2/h4-21,30H,3,22H2,1-2H3,(H,31,33)/t30-/m1/s1. The Bertz CT molecular complexity index is 1420. The van der Waals surface area contributed by atoms with Crippen LogP contribution in [-0.2, 0) is 21.2 Å². The lowest BCUT2D eigenvalue weighted by Crippen LogP contribution is -2.42. The Morgan fingerprint density at radius 2 is 1.39 bits per heavy atom. The fraction of sp³-hybridized carbons (Fsp3) is 0.167. The van der Waals surface area contributed by atoms with E-state index in [-0.39, 0.29) is 11.4 Å². The molecule has 4 aromatic carbocycles. The van der Waals surface area contributed by atoms with Crippen LogP contribution < -0.4 is 9.62 Å². The predicted octanol–water partition coefficient (Wildman–Crippen LogP) is 5.66. The number of hydrogen-bond donors (Lipinski definition) is 1. The zero-order valence-electron chi connectivity index (χ0n) is 20.5. The number of anilines is 1. The van der Waals surface area contributed by atoms with Crippen molar-refractivity contribution in [2.24, 2.45) is 0 Å². The third-order valence-corrected chi connectivity index (χ3v) is 7.97. The van der Waals surface area contributed by atoms with Crippen LogP contribution in [0.3, 0.4) is 0 Å². The monoisotopic (exact) mass is 498 g/mol. The van der Waals surface area contributed by atoms with Crippen molar-refractivity contribution in [3.63, 3.8) is 0 Å². The minimum absolute atomic E-state index is 0.141. The molecule has 0 heterocycles. The van der Waals surface area contributed by atoms with Gasteiger partial charge in [0.1, 0.15) is 6.54 Å². The van der Waals surface area contributed by atoms with Crippen LogP contribution in [0.4, 0.5) is 5.69 Å². The summed E-state index contributed by atoms with van der Waals surface area (Å²) < 4.78 is 28.7. The van der Waals surface area contributed by atoms with Crippen molar-refractivity contribution >= 4 is 21.6 Å². The average Bonchev–Trinajstić information content (AvgIpc) is 2.92. The molecule has 0 bridgehead atoms. The Morgan fingerprint density at radius 3 is 2.06 bits per heavy atom. The second kappa shape index (κ2) is 11.2. The van der Waals surface area contributed by atoms with Crippen LogP contribution in [0.15, 0.2) is 114 Å². The molecule has 0 aliphatic carbocycles. The Kier molecular flexibility index (Phi) is 7.86. The van der Waals surface area contributed by atoms with Crippen LogP contribution in [0.1, 0.15) is 35.2 Å². The summed E-state index contributed by atoms with van der Waals surface area (Å²) in [5.41, 5.74) is 4.28. The van der Waals surface area contributed by atoms with Crippen molar-refractivity contribution in [2.75, 3.05) is 10.8 Å². The van der Waals surface area contributed by atoms with E-state index in [0.29, 0.717) is 12.1 Å². The number of nitrogens with one attached hydrogen (secondary N) is 1. The smallest absolute Gasteiger partial charge is 0.264 e. The van der Waals surface area contributed by atoms with Crippen molar-refractivity contribution in [3.8, 4) is 0 Å². The lowest BCUT2D eigenvalue weighted by molar-refractivity contribution is -0.120. The molecule has 0 aliphatic heterocycles. The molecule has 0 radical (unpaired) electrons. The van der Waals surface area contributed by atoms with Gasteiger partial charge in [0.25, 0.3) is 10.0 Å². The van der Waals surface area contributed by atoms with Gasteiger partial charge in [0, 0.05) is 0 Å². The molecule has 6 heteroatoms. The second-order valence-corrected chi connectivity index (χ2v) is 10.4. The van der Waals surface area contributed by atoms with E-state index in [0.717, 1.165) is 22.3 Å². The molecule has 1 atom stereocenters. The van der Waals surface area contributed by atoms with Gasteiger partial charge in [-0.2, -0.15) is 0 Å². The molecule has 0 fully saturated rings. The van der Waals surface area contributed by atoms with Crippen LogP contribution in [0.5, 0.6) is 0 Å². The number of amides is 1. The quantitative estimate of drug-likeness (QED) is 0.324. The van der Waals surface area contributed by atoms with Crippen LogP contribution in [0.2, 0.25) is 0 Å². The highest BCUT2D eigenvalue weighted by Crippen LogP contribution is 2.29. The Hall–Kier alpha value is -3.90. The summed E-state index contributed by atoms with van der Waals surface area (Å²) in [6.07, 6.45) is 0.633. The molecule has 4 rings (SSSR count). The van der Waals surface area contributed by atoms with Gasteiger partial charge in [-0.3, -0.25) is 9.10 Å². The van der Waals surface area contributed by atoms with E-state index in [4.69, 9.17) is 0 Å². The van der Waals surface area contributed by atoms with Crippen LogP contribution in [0.25, 0.3) is 0 Å². The van der Waals surface area contributed by atoms with E-state index >= 15 is 0 Å². The first-order valence-corrected chi connectivity index (χ1v) is 13.4. The molecule has 1 amide bonds. The maximum atomic E-state index is 13.8. The summed E-state index contributed by atoms with van der Waals surface area (Å²) in [6.45, 7) is 3.63. The summed E-state index contributed by atoms with van der Waals surface area (Å²) in [4.78, 5) is 13.7. The van der Waals surface area contributed by atoms with E-state index in [2.05, 4.69) is 5.32 Å². The highest BCUT2D eigenvalue weighted by Gasteiger charge is 2.29. The maximum absolute atomic E-state index is 13.8. The predicted molar refractivity (Wildman–Crippen MR) is 144 cm³/mol. The average molecular weight is 499 g/mol. The van der Waals surface area contributed by atoms with Gasteiger partial charge in [-0.1, -0.05) is 97.9 Å². The van der Waals surface area contributed by atoms with E-state index in [1.807, 2.05) is 80.6 Å². The molecule has 0 aromatic heterocycles. The topological polar surface area (TPSA) is 66.5 Å². The molecule has 0 unspecified atom stereocenters. The molecule has 0 aliphatic rings. The molecule has 5 nitrogen and oxygen atoms in total. The minimum Gasteiger partial charge on any atom is -0.344 e. The highest BCUT2D eigenvalue weighted by atomic mass is 32.2. The Labute approximate surface area is 213 Å². The van der Waals surface area contributed by atoms with Gasteiger partial charge in [-0.25, -0.2) is 8.42 Å². The summed E-state index contributed by atoms with van der Waals surface area (Å²) in [5.74, 6) is -0.391. The van der Waals surface area contributed by atoms with Gasteiger partial charge in [-0.05, 0) is 53.8 Å². The number of rotatable bonds is 9. The highest BCUT2D eigenvalue weighted by molar-refractivity contribution is 7.92. The third-order valence-electron chi connectivity index (χ3n) is 6.20. The molecule has 36 heavy (non-hydrogen) atoms. The van der Waals surface area contributed by atoms with E-state index in [1.165, 1.54) is 4.31 Å². The van der Waals surface area contributed by atoms with Gasteiger partial charge in [0.2, 0.25) is 5.91 Å². The van der Waals surface area contributed by atoms with Crippen molar-refractivity contribution in [1.82, 2.24) is 5.32 Å². The van der Waals surface area contributed by atoms with E-state index < -0.39 is 22.0 Å². The number of sulfonamides is 1. The number of para-hydroxylation sites is 1. The molecule has 0 saturated heterocycles. The molecule has 4 aromatic rings. The Morgan fingerprint density at radius 1 is 0.806 bits per heavy atom. The van der Waals surface area contributed by atoms with E-state index in [9.17, 15) is 13.2 Å². The molecule has 0 saturated carbocycles. The number of hydrogen-bond acceptors (Lipinski definition) is 3. The first-order valence-electron chi connectivity index (χ1n) is 12.0. The Balaban J connectivity index is 1.72. The van der Waals surface area contributed by atoms with Crippen molar-refractivity contribution in [1.29, 1.82) is 0 Å². The third kappa shape index (κ3) is 5.50. The van der Waals surface area contributed by atoms with E-state index in [1.54, 1.807) is 42.5 Å². The van der Waals surface area contributed by atoms with Gasteiger partial charge < -0.3 is 5.32 Å². The van der Waals surface area contributed by atoms with Gasteiger partial charge in [-0.15, -0.1) is 0 Å². The zero-order chi connectivity index (χ0) is 25.5. The fourth-order valence-corrected chi connectivity index (χ4v) is 5.79. The lowest BCUT2D eigenvalue weighted by Gasteiger charge is -2.28. The van der Waals surface area contributed by atoms with Gasteiger partial charge in [0.05, 0.1) is 16.6 Å². The number of carbonyl (C=O) groups is 1. The second-order valence-electron chi connectivity index (χ2n) is 8.57. The lowest BCUT2D eigenvalue weighted by atomic mass is 9.95. The van der Waals surface area contributed by atoms with Crippen molar-refractivity contribution in [2.45, 2.75) is 31.2 Å². The fourth-order valence-electron chi connectivity index (χ4n) is 4.31. The van der Waals surface area contributed by atoms with Gasteiger partial charge in [0.15, 0.2) is 0 Å². The minimum atomic E-state index is -3.98. The maximum Gasteiger partial charge on any atom is 0.264 e. The summed E-state index contributed by atoms with van der Waals surface area (Å²) in [7, 11) is -3.98. The number of nitrogens with zero attached hydrogens (tertiary/aromatic N) is 1. The SMILES string of the molecule is CCc1ccccc1N(CC(=O)N[C@H](c1ccccc1)c1ccccc1C)S(=O)(=O)c1ccccc1. The first kappa shape index (κ1) is 25.2. The molecule has 184 valence electrons. The van der Waals surface area contributed by atoms with Crippen LogP contribution in [0, 0.1) is 6.92 Å². The summed E-state index contributed by atoms with van der Waals surface area (Å²) in [5, 5.41) is 3.11. The summed E-state index contributed by atoms with van der Waals surface area (Å²) >= 11 is 0. The zero-order valence-corrected chi connectivity index (χ0v) is 21.3. The normalized spacial score (nSPS) is 12.1. The number of benzene rings is 4.